The number of unbranched alkanes of at least 4 members (excludes halogenated alkanes) is 11. The van der Waals surface area contributed by atoms with Crippen LogP contribution in [-0.4, -0.2) is 66.3 Å². The van der Waals surface area contributed by atoms with E-state index in [4.69, 9.17) is 19.1 Å². The molecular formula is C33H61O9P. The first-order valence-electron chi connectivity index (χ1n) is 16.5. The Morgan fingerprint density at radius 3 is 1.98 bits per heavy atom. The molecule has 0 aromatic rings. The molecule has 0 spiro atoms. The smallest absolute Gasteiger partial charge is 0.457 e. The summed E-state index contributed by atoms with van der Waals surface area (Å²) >= 11 is 0. The van der Waals surface area contributed by atoms with Gasteiger partial charge in [0.25, 0.3) is 0 Å². The van der Waals surface area contributed by atoms with Gasteiger partial charge in [-0.3, -0.25) is 13.8 Å². The van der Waals surface area contributed by atoms with E-state index in [1.165, 1.54) is 38.5 Å². The van der Waals surface area contributed by atoms with E-state index in [9.17, 15) is 19.4 Å². The average Bonchev–Trinajstić information content (AvgIpc) is 2.99. The van der Waals surface area contributed by atoms with Gasteiger partial charge < -0.3 is 24.6 Å². The van der Waals surface area contributed by atoms with Crippen molar-refractivity contribution >= 4 is 13.8 Å². The van der Waals surface area contributed by atoms with Crippen LogP contribution in [0.2, 0.25) is 0 Å². The summed E-state index contributed by atoms with van der Waals surface area (Å²) in [5.74, 6) is -0.414. The second-order valence-electron chi connectivity index (χ2n) is 10.8. The molecule has 9 nitrogen and oxygen atoms in total. The summed E-state index contributed by atoms with van der Waals surface area (Å²) in [5.41, 5.74) is 0. The number of carbonyl (C=O) groups excluding carboxylic acids is 1. The first kappa shape index (κ1) is 41.7. The van der Waals surface area contributed by atoms with Gasteiger partial charge in [0, 0.05) is 13.0 Å². The summed E-state index contributed by atoms with van der Waals surface area (Å²) in [7, 11) is -4.51. The molecule has 0 aromatic carbocycles. The van der Waals surface area contributed by atoms with Gasteiger partial charge in [-0.15, -0.1) is 0 Å². The Morgan fingerprint density at radius 2 is 1.33 bits per heavy atom. The average molecular weight is 633 g/mol. The van der Waals surface area contributed by atoms with Gasteiger partial charge >= 0.3 is 13.8 Å². The predicted molar refractivity (Wildman–Crippen MR) is 173 cm³/mol. The monoisotopic (exact) mass is 632 g/mol. The normalized spacial score (nSPS) is 15.0. The Hall–Kier alpha value is -1.32. The summed E-state index contributed by atoms with van der Waals surface area (Å²) < 4.78 is 33.0. The van der Waals surface area contributed by atoms with Gasteiger partial charge in [0.1, 0.15) is 12.2 Å². The van der Waals surface area contributed by atoms with Crippen LogP contribution >= 0.6 is 7.82 Å². The van der Waals surface area contributed by atoms with Crippen LogP contribution in [0.4, 0.5) is 0 Å². The van der Waals surface area contributed by atoms with E-state index in [-0.39, 0.29) is 19.6 Å². The van der Waals surface area contributed by atoms with Gasteiger partial charge in [-0.2, -0.15) is 0 Å². The molecule has 0 saturated carbocycles. The molecule has 0 aromatic heterocycles. The third kappa shape index (κ3) is 30.5. The minimum atomic E-state index is -4.51. The molecule has 0 amide bonds. The first-order chi connectivity index (χ1) is 20.8. The van der Waals surface area contributed by atoms with Crippen LogP contribution in [0, 0.1) is 0 Å². The number of aliphatic hydroxyl groups excluding tert-OH is 2. The zero-order valence-electron chi connectivity index (χ0n) is 26.9. The van der Waals surface area contributed by atoms with Crippen LogP contribution in [0.3, 0.4) is 0 Å². The van der Waals surface area contributed by atoms with Crippen molar-refractivity contribution in [1.82, 2.24) is 0 Å². The highest BCUT2D eigenvalue weighted by molar-refractivity contribution is 7.47. The number of allylic oxidation sites excluding steroid dienone is 6. The molecule has 10 heteroatoms. The molecule has 0 aliphatic heterocycles. The molecule has 3 N–H and O–H groups in total. The molecule has 3 atom stereocenters. The number of phosphoric acid groups is 1. The summed E-state index contributed by atoms with van der Waals surface area (Å²) in [4.78, 5) is 22.3. The Bertz CT molecular complexity index is 769. The number of phosphoric ester groups is 1. The number of carbonyl (C=O) groups is 1. The molecule has 43 heavy (non-hydrogen) atoms. The third-order valence-corrected chi connectivity index (χ3v) is 7.54. The summed E-state index contributed by atoms with van der Waals surface area (Å²) in [6.07, 6.45) is 28.3. The van der Waals surface area contributed by atoms with E-state index in [0.717, 1.165) is 57.8 Å². The van der Waals surface area contributed by atoms with Crippen LogP contribution in [0.25, 0.3) is 0 Å². The van der Waals surface area contributed by atoms with Gasteiger partial charge in [-0.05, 0) is 44.9 Å². The molecule has 3 unspecified atom stereocenters. The van der Waals surface area contributed by atoms with Gasteiger partial charge in [0.15, 0.2) is 0 Å². The minimum Gasteiger partial charge on any atom is -0.457 e. The Morgan fingerprint density at radius 1 is 0.744 bits per heavy atom. The Kier molecular flexibility index (Phi) is 29.8. The van der Waals surface area contributed by atoms with E-state index in [0.29, 0.717) is 13.0 Å². The van der Waals surface area contributed by atoms with Crippen molar-refractivity contribution in [3.05, 3.63) is 36.5 Å². The van der Waals surface area contributed by atoms with Gasteiger partial charge in [-0.1, -0.05) is 108 Å². The van der Waals surface area contributed by atoms with Crippen LogP contribution in [0.5, 0.6) is 0 Å². The van der Waals surface area contributed by atoms with Gasteiger partial charge in [0.2, 0.25) is 0 Å². The fraction of sp³-hybridized carbons (Fsp3) is 0.788. The standard InChI is InChI=1S/C33H61O9P/c1-3-5-7-9-11-13-14-15-16-17-19-21-23-25-33(36)42-32(30-41-43(37,38)40-28-31(35)27-34)29-39-26-24-22-20-18-12-10-8-6-4-2/h5,7,11,13,15-16,31-32,34-35H,3-4,6,8-10,12,14,17-30H2,1-2H3,(H,37,38)/b7-5-,13-11-,16-15-. The second kappa shape index (κ2) is 30.7. The minimum absolute atomic E-state index is 0.0379. The zero-order chi connectivity index (χ0) is 31.9. The van der Waals surface area contributed by atoms with Gasteiger partial charge in [0.05, 0.1) is 26.4 Å². The van der Waals surface area contributed by atoms with Crippen molar-refractivity contribution < 1.29 is 43.0 Å². The lowest BCUT2D eigenvalue weighted by molar-refractivity contribution is -0.154. The Labute approximate surface area is 261 Å². The SMILES string of the molecule is CC/C=C\C/C=C\C/C=C\CCCCCC(=O)OC(COCCCCCCCCCCC)COP(=O)(O)OCC(O)CO. The molecule has 0 saturated heterocycles. The van der Waals surface area contributed by atoms with E-state index in [2.05, 4.69) is 54.8 Å². The molecule has 0 aliphatic rings. The summed E-state index contributed by atoms with van der Waals surface area (Å²) in [6.45, 7) is 3.31. The maximum atomic E-state index is 12.5. The highest BCUT2D eigenvalue weighted by Crippen LogP contribution is 2.43. The molecule has 252 valence electrons. The molecular weight excluding hydrogens is 571 g/mol. The Balaban J connectivity index is 4.36. The highest BCUT2D eigenvalue weighted by atomic mass is 31.2. The lowest BCUT2D eigenvalue weighted by atomic mass is 10.1. The number of aliphatic hydroxyl groups is 2. The van der Waals surface area contributed by atoms with Crippen LogP contribution in [-0.2, 0) is 27.9 Å². The van der Waals surface area contributed by atoms with Crippen LogP contribution in [0.1, 0.15) is 123 Å². The fourth-order valence-corrected chi connectivity index (χ4v) is 4.86. The largest absolute Gasteiger partial charge is 0.472 e. The number of hydrogen-bond donors (Lipinski definition) is 3. The van der Waals surface area contributed by atoms with Crippen LogP contribution in [0.15, 0.2) is 36.5 Å². The van der Waals surface area contributed by atoms with Crippen molar-refractivity contribution in [2.45, 2.75) is 135 Å². The topological polar surface area (TPSA) is 132 Å². The van der Waals surface area contributed by atoms with E-state index in [1.54, 1.807) is 0 Å². The van der Waals surface area contributed by atoms with Crippen molar-refractivity contribution in [3.8, 4) is 0 Å². The van der Waals surface area contributed by atoms with Crippen molar-refractivity contribution in [3.63, 3.8) is 0 Å². The lowest BCUT2D eigenvalue weighted by Gasteiger charge is -2.20. The molecule has 0 rings (SSSR count). The maximum absolute atomic E-state index is 12.5. The van der Waals surface area contributed by atoms with Crippen LogP contribution < -0.4 is 0 Å². The molecule has 0 fully saturated rings. The van der Waals surface area contributed by atoms with E-state index in [1.807, 2.05) is 0 Å². The van der Waals surface area contributed by atoms with E-state index >= 15 is 0 Å². The molecule has 0 aliphatic carbocycles. The lowest BCUT2D eigenvalue weighted by Crippen LogP contribution is -2.29. The van der Waals surface area contributed by atoms with Crippen molar-refractivity contribution in [1.29, 1.82) is 0 Å². The second-order valence-corrected chi connectivity index (χ2v) is 12.3. The molecule has 0 heterocycles. The number of hydrogen-bond acceptors (Lipinski definition) is 8. The maximum Gasteiger partial charge on any atom is 0.472 e. The number of rotatable bonds is 31. The highest BCUT2D eigenvalue weighted by Gasteiger charge is 2.26. The third-order valence-electron chi connectivity index (χ3n) is 6.59. The zero-order valence-corrected chi connectivity index (χ0v) is 27.8. The molecule has 0 bridgehead atoms. The summed E-state index contributed by atoms with van der Waals surface area (Å²) in [6, 6.07) is 0. The van der Waals surface area contributed by atoms with Crippen molar-refractivity contribution in [2.75, 3.05) is 33.0 Å². The van der Waals surface area contributed by atoms with Gasteiger partial charge in [-0.25, -0.2) is 4.57 Å². The number of ether oxygens (including phenoxy) is 2. The summed E-state index contributed by atoms with van der Waals surface area (Å²) in [5, 5.41) is 18.2. The first-order valence-corrected chi connectivity index (χ1v) is 18.0. The molecule has 0 radical (unpaired) electrons. The van der Waals surface area contributed by atoms with Crippen molar-refractivity contribution in [2.24, 2.45) is 0 Å². The fourth-order valence-electron chi connectivity index (χ4n) is 4.07. The van der Waals surface area contributed by atoms with E-state index < -0.39 is 39.2 Å². The quantitative estimate of drug-likeness (QED) is 0.0304. The predicted octanol–water partition coefficient (Wildman–Crippen LogP) is 7.74. The number of esters is 1.